The third kappa shape index (κ3) is 40.1. The highest BCUT2D eigenvalue weighted by molar-refractivity contribution is 7.46. The molecule has 11 heteroatoms. The van der Waals surface area contributed by atoms with Crippen molar-refractivity contribution < 1.29 is 48.2 Å². The van der Waals surface area contributed by atoms with E-state index < -0.39 is 51.3 Å². The zero-order chi connectivity index (χ0) is 41.4. The highest BCUT2D eigenvalue weighted by Crippen LogP contribution is 2.36. The quantitative estimate of drug-likeness (QED) is 0.0203. The number of aliphatic hydroxyl groups is 2. The predicted octanol–water partition coefficient (Wildman–Crippen LogP) is 11.5. The summed E-state index contributed by atoms with van der Waals surface area (Å²) in [7, 11) is -4.82. The first kappa shape index (κ1) is 53.9. The van der Waals surface area contributed by atoms with Crippen molar-refractivity contribution in [2.24, 2.45) is 0 Å². The van der Waals surface area contributed by atoms with Gasteiger partial charge in [0.05, 0.1) is 18.8 Å². The van der Waals surface area contributed by atoms with Crippen molar-refractivity contribution in [3.05, 3.63) is 48.6 Å². The van der Waals surface area contributed by atoms with Crippen LogP contribution in [0.2, 0.25) is 0 Å². The van der Waals surface area contributed by atoms with Gasteiger partial charge in [-0.05, 0) is 51.4 Å². The first-order valence-corrected chi connectivity index (χ1v) is 23.6. The number of aliphatic hydroxyl groups excluding tert-OH is 2. The largest absolute Gasteiger partial charge is 0.469 e. The summed E-state index contributed by atoms with van der Waals surface area (Å²) in [5.41, 5.74) is 0. The molecule has 0 bridgehead atoms. The molecule has 10 nitrogen and oxygen atoms in total. The lowest BCUT2D eigenvalue weighted by atomic mass is 10.0. The molecule has 0 aliphatic carbocycles. The molecular formula is C45H81O10P. The normalized spacial score (nSPS) is 14.0. The van der Waals surface area contributed by atoms with Gasteiger partial charge < -0.3 is 29.5 Å². The van der Waals surface area contributed by atoms with E-state index in [-0.39, 0.29) is 32.1 Å². The Hall–Kier alpha value is -2.07. The van der Waals surface area contributed by atoms with E-state index in [1.165, 1.54) is 96.3 Å². The molecule has 0 rings (SSSR count). The monoisotopic (exact) mass is 813 g/mol. The standard InChI is InChI=1S/C45H81O10P/c1-3-5-7-9-11-13-15-17-18-19-20-21-22-23-25-27-29-31-33-37-45(49)55-41(40-54-56(50,51)52)39-53-44(48)38-34-36-43(47)42(46)35-32-30-28-26-24-16-14-12-10-8-6-4-2/h6,8,12,14,24,26,30,32,41-43,46-47H,3-5,7,9-11,13,15-23,25,27-29,31,33-40H2,1-2H3,(H2,50,51,52)/b8-6-,14-12-,26-24-,32-30-/t41-,42+,43+/m1/s1. The molecule has 0 aromatic rings. The number of unbranched alkanes of at least 4 members (excludes halogenated alkanes) is 18. The minimum Gasteiger partial charge on any atom is -0.462 e. The Labute approximate surface area is 340 Å². The van der Waals surface area contributed by atoms with E-state index in [1.54, 1.807) is 0 Å². The zero-order valence-corrected chi connectivity index (χ0v) is 36.1. The molecule has 0 saturated carbocycles. The van der Waals surface area contributed by atoms with Gasteiger partial charge >= 0.3 is 19.8 Å². The van der Waals surface area contributed by atoms with Crippen molar-refractivity contribution in [1.29, 1.82) is 0 Å². The van der Waals surface area contributed by atoms with Crippen LogP contribution in [0.1, 0.15) is 194 Å². The molecule has 0 aromatic carbocycles. The third-order valence-corrected chi connectivity index (χ3v) is 10.0. The van der Waals surface area contributed by atoms with Gasteiger partial charge in [-0.3, -0.25) is 14.1 Å². The highest BCUT2D eigenvalue weighted by Gasteiger charge is 2.23. The number of carbonyl (C=O) groups excluding carboxylic acids is 2. The smallest absolute Gasteiger partial charge is 0.462 e. The van der Waals surface area contributed by atoms with E-state index >= 15 is 0 Å². The van der Waals surface area contributed by atoms with E-state index in [0.29, 0.717) is 6.42 Å². The Kier molecular flexibility index (Phi) is 38.3. The fourth-order valence-corrected chi connectivity index (χ4v) is 6.53. The summed E-state index contributed by atoms with van der Waals surface area (Å²) >= 11 is 0. The number of allylic oxidation sites excluding steroid dienone is 7. The maximum Gasteiger partial charge on any atom is 0.469 e. The minimum absolute atomic E-state index is 0.0485. The molecular weight excluding hydrogens is 731 g/mol. The molecule has 326 valence electrons. The van der Waals surface area contributed by atoms with Crippen LogP contribution in [0, 0.1) is 0 Å². The van der Waals surface area contributed by atoms with Crippen LogP contribution in [0.3, 0.4) is 0 Å². The molecule has 0 unspecified atom stereocenters. The Bertz CT molecular complexity index is 1080. The molecule has 3 atom stereocenters. The van der Waals surface area contributed by atoms with Gasteiger partial charge in [0.2, 0.25) is 0 Å². The maximum absolute atomic E-state index is 12.4. The number of esters is 2. The minimum atomic E-state index is -4.82. The fourth-order valence-electron chi connectivity index (χ4n) is 6.17. The number of phosphoric ester groups is 1. The summed E-state index contributed by atoms with van der Waals surface area (Å²) in [6.07, 6.45) is 41.5. The van der Waals surface area contributed by atoms with Crippen LogP contribution < -0.4 is 0 Å². The fraction of sp³-hybridized carbons (Fsp3) is 0.778. The van der Waals surface area contributed by atoms with Crippen molar-refractivity contribution in [3.63, 3.8) is 0 Å². The van der Waals surface area contributed by atoms with E-state index in [4.69, 9.17) is 19.3 Å². The van der Waals surface area contributed by atoms with Crippen molar-refractivity contribution in [3.8, 4) is 0 Å². The van der Waals surface area contributed by atoms with Crippen molar-refractivity contribution in [1.82, 2.24) is 0 Å². The van der Waals surface area contributed by atoms with Crippen molar-refractivity contribution in [2.75, 3.05) is 13.2 Å². The maximum atomic E-state index is 12.4. The molecule has 4 N–H and O–H groups in total. The first-order chi connectivity index (χ1) is 27.1. The molecule has 0 aliphatic heterocycles. The molecule has 0 spiro atoms. The van der Waals surface area contributed by atoms with Crippen LogP contribution in [-0.4, -0.2) is 63.5 Å². The average molecular weight is 813 g/mol. The lowest BCUT2D eigenvalue weighted by Gasteiger charge is -2.19. The van der Waals surface area contributed by atoms with Gasteiger partial charge in [0.1, 0.15) is 6.61 Å². The highest BCUT2D eigenvalue weighted by atomic mass is 31.2. The molecule has 0 heterocycles. The van der Waals surface area contributed by atoms with Gasteiger partial charge in [-0.25, -0.2) is 4.57 Å². The van der Waals surface area contributed by atoms with Crippen LogP contribution in [0.5, 0.6) is 0 Å². The summed E-state index contributed by atoms with van der Waals surface area (Å²) in [4.78, 5) is 43.0. The van der Waals surface area contributed by atoms with E-state index in [1.807, 2.05) is 18.2 Å². The first-order valence-electron chi connectivity index (χ1n) is 22.1. The second-order valence-electron chi connectivity index (χ2n) is 15.0. The summed E-state index contributed by atoms with van der Waals surface area (Å²) in [5.74, 6) is -1.17. The molecule has 56 heavy (non-hydrogen) atoms. The van der Waals surface area contributed by atoms with Crippen LogP contribution in [0.4, 0.5) is 0 Å². The number of rotatable bonds is 40. The molecule has 0 fully saturated rings. The van der Waals surface area contributed by atoms with Gasteiger partial charge in [0.15, 0.2) is 6.10 Å². The summed E-state index contributed by atoms with van der Waals surface area (Å²) in [5, 5.41) is 20.5. The number of hydrogen-bond donors (Lipinski definition) is 4. The van der Waals surface area contributed by atoms with Crippen LogP contribution in [0.15, 0.2) is 48.6 Å². The summed E-state index contributed by atoms with van der Waals surface area (Å²) in [6, 6.07) is 0. The number of hydrogen-bond acceptors (Lipinski definition) is 8. The molecule has 0 aliphatic rings. The molecule has 0 saturated heterocycles. The molecule has 0 aromatic heterocycles. The van der Waals surface area contributed by atoms with E-state index in [9.17, 15) is 24.4 Å². The van der Waals surface area contributed by atoms with E-state index in [2.05, 4.69) is 48.8 Å². The van der Waals surface area contributed by atoms with Gasteiger partial charge in [-0.15, -0.1) is 0 Å². The summed E-state index contributed by atoms with van der Waals surface area (Å²) in [6.45, 7) is 3.34. The van der Waals surface area contributed by atoms with Crippen molar-refractivity contribution >= 4 is 19.8 Å². The summed E-state index contributed by atoms with van der Waals surface area (Å²) < 4.78 is 26.3. The Morgan fingerprint density at radius 3 is 1.43 bits per heavy atom. The Morgan fingerprint density at radius 1 is 0.536 bits per heavy atom. The Morgan fingerprint density at radius 2 is 0.964 bits per heavy atom. The molecule has 0 amide bonds. The zero-order valence-electron chi connectivity index (χ0n) is 35.2. The van der Waals surface area contributed by atoms with Gasteiger partial charge in [0, 0.05) is 12.8 Å². The lowest BCUT2D eigenvalue weighted by Crippen LogP contribution is -2.29. The van der Waals surface area contributed by atoms with Crippen molar-refractivity contribution in [2.45, 2.75) is 212 Å². The third-order valence-electron chi connectivity index (χ3n) is 9.56. The predicted molar refractivity (Wildman–Crippen MR) is 228 cm³/mol. The topological polar surface area (TPSA) is 160 Å². The van der Waals surface area contributed by atoms with Crippen LogP contribution >= 0.6 is 7.82 Å². The second-order valence-corrected chi connectivity index (χ2v) is 16.2. The van der Waals surface area contributed by atoms with Gasteiger partial charge in [-0.1, -0.05) is 178 Å². The number of carbonyl (C=O) groups is 2. The molecule has 0 radical (unpaired) electrons. The number of phosphoric acid groups is 1. The average Bonchev–Trinajstić information content (AvgIpc) is 3.16. The lowest BCUT2D eigenvalue weighted by molar-refractivity contribution is -0.161. The van der Waals surface area contributed by atoms with E-state index in [0.717, 1.165) is 44.9 Å². The second kappa shape index (κ2) is 39.7. The Balaban J connectivity index is 4.10. The van der Waals surface area contributed by atoms with Crippen LogP contribution in [0.25, 0.3) is 0 Å². The van der Waals surface area contributed by atoms with Crippen LogP contribution in [-0.2, 0) is 28.2 Å². The SMILES string of the molecule is CC/C=C\C/C=C\C/C=C\C/C=C\C[C@H](O)[C@@H](O)CCCC(=O)OC[C@H](COP(=O)(O)O)OC(=O)CCCCCCCCCCCCCCCCCCCCC. The van der Waals surface area contributed by atoms with Gasteiger partial charge in [-0.2, -0.15) is 0 Å². The van der Waals surface area contributed by atoms with Gasteiger partial charge in [0.25, 0.3) is 0 Å². The number of ether oxygens (including phenoxy) is 2.